The number of furan rings is 1. The van der Waals surface area contributed by atoms with Gasteiger partial charge in [-0.15, -0.1) is 0 Å². The second-order valence-electron chi connectivity index (χ2n) is 5.41. The van der Waals surface area contributed by atoms with Gasteiger partial charge in [0, 0.05) is 18.5 Å². The van der Waals surface area contributed by atoms with Crippen LogP contribution < -0.4 is 4.90 Å². The summed E-state index contributed by atoms with van der Waals surface area (Å²) in [5, 5.41) is 10.8. The molecule has 1 aliphatic rings. The van der Waals surface area contributed by atoms with Gasteiger partial charge in [-0.1, -0.05) is 41.2 Å². The zero-order valence-corrected chi connectivity index (χ0v) is 15.9. The Kier molecular flexibility index (Phi) is 9.94. The smallest absolute Gasteiger partial charge is 0.326 e. The Morgan fingerprint density at radius 2 is 1.81 bits per heavy atom. The molecule has 148 valence electrons. The zero-order chi connectivity index (χ0) is 19.1. The summed E-state index contributed by atoms with van der Waals surface area (Å²) in [4.78, 5) is 15.4. The number of para-hydroxylation sites is 1. The van der Waals surface area contributed by atoms with Crippen LogP contribution in [-0.4, -0.2) is 35.4 Å². The van der Waals surface area contributed by atoms with Gasteiger partial charge in [0.15, 0.2) is 11.4 Å². The van der Waals surface area contributed by atoms with Gasteiger partial charge in [-0.05, 0) is 31.9 Å². The summed E-state index contributed by atoms with van der Waals surface area (Å²) >= 11 is 0. The van der Waals surface area contributed by atoms with Crippen LogP contribution in [0.25, 0.3) is 11.0 Å². The molecule has 2 heterocycles. The van der Waals surface area contributed by atoms with Gasteiger partial charge < -0.3 is 14.4 Å². The van der Waals surface area contributed by atoms with Crippen molar-refractivity contribution in [1.82, 2.24) is 4.90 Å². The van der Waals surface area contributed by atoms with E-state index in [-0.39, 0.29) is 25.1 Å². The standard InChI is InChI=1S/C15H17FN2O3.2C2H6.CH4/c1-9-6-7-13(19)18(15(20)17(9)2)12-8-21-14-10(12)4-3-5-11(14)16;2*1-2;/h3-5,8-9,13,19H,6-7H2,1-2H3;2*1-2H3;1H4. The van der Waals surface area contributed by atoms with Crippen LogP contribution in [0.1, 0.15) is 54.9 Å². The summed E-state index contributed by atoms with van der Waals surface area (Å²) in [5.41, 5.74) is 0.482. The molecule has 0 bridgehead atoms. The monoisotopic (exact) mass is 368 g/mol. The van der Waals surface area contributed by atoms with Gasteiger partial charge in [0.05, 0.1) is 5.69 Å². The third kappa shape index (κ3) is 4.55. The van der Waals surface area contributed by atoms with Gasteiger partial charge >= 0.3 is 6.03 Å². The number of nitrogens with zero attached hydrogens (tertiary/aromatic N) is 2. The van der Waals surface area contributed by atoms with E-state index in [0.717, 1.165) is 0 Å². The minimum absolute atomic E-state index is 0. The first-order chi connectivity index (χ1) is 12.0. The van der Waals surface area contributed by atoms with E-state index in [9.17, 15) is 14.3 Å². The predicted octanol–water partition coefficient (Wildman–Crippen LogP) is 5.62. The zero-order valence-electron chi connectivity index (χ0n) is 15.9. The molecule has 1 aromatic heterocycles. The number of carbonyl (C=O) groups excluding carboxylic acids is 1. The molecule has 1 aromatic carbocycles. The van der Waals surface area contributed by atoms with Crippen molar-refractivity contribution in [3.05, 3.63) is 30.3 Å². The molecule has 2 aromatic rings. The average Bonchev–Trinajstić information content (AvgIpc) is 3.04. The van der Waals surface area contributed by atoms with E-state index >= 15 is 0 Å². The topological polar surface area (TPSA) is 56.9 Å². The molecule has 2 atom stereocenters. The number of fused-ring (bicyclic) bond motifs is 1. The van der Waals surface area contributed by atoms with Crippen molar-refractivity contribution in [2.45, 2.75) is 67.2 Å². The Labute approximate surface area is 156 Å². The van der Waals surface area contributed by atoms with Crippen LogP contribution >= 0.6 is 0 Å². The Hall–Kier alpha value is -2.08. The lowest BCUT2D eigenvalue weighted by Gasteiger charge is -2.29. The lowest BCUT2D eigenvalue weighted by Crippen LogP contribution is -2.46. The van der Waals surface area contributed by atoms with E-state index in [0.29, 0.717) is 23.9 Å². The minimum Gasteiger partial charge on any atom is -0.459 e. The highest BCUT2D eigenvalue weighted by molar-refractivity contribution is 6.02. The minimum atomic E-state index is -0.950. The maximum absolute atomic E-state index is 13.7. The molecule has 3 rings (SSSR count). The van der Waals surface area contributed by atoms with E-state index in [1.54, 1.807) is 24.1 Å². The van der Waals surface area contributed by atoms with Gasteiger partial charge in [0.2, 0.25) is 0 Å². The van der Waals surface area contributed by atoms with Crippen molar-refractivity contribution < 1.29 is 18.7 Å². The maximum atomic E-state index is 13.7. The van der Waals surface area contributed by atoms with Crippen LogP contribution in [0.3, 0.4) is 0 Å². The van der Waals surface area contributed by atoms with E-state index in [1.165, 1.54) is 17.2 Å². The predicted molar refractivity (Wildman–Crippen MR) is 106 cm³/mol. The summed E-state index contributed by atoms with van der Waals surface area (Å²) in [6.07, 6.45) is 1.52. The molecule has 1 aliphatic heterocycles. The Balaban J connectivity index is 0.00000117. The number of rotatable bonds is 1. The van der Waals surface area contributed by atoms with Crippen LogP contribution in [0, 0.1) is 5.82 Å². The number of anilines is 1. The van der Waals surface area contributed by atoms with Crippen LogP contribution in [0.4, 0.5) is 14.9 Å². The van der Waals surface area contributed by atoms with Crippen molar-refractivity contribution in [3.8, 4) is 0 Å². The fourth-order valence-electron chi connectivity index (χ4n) is 2.66. The summed E-state index contributed by atoms with van der Waals surface area (Å²) in [6, 6.07) is 4.24. The maximum Gasteiger partial charge on any atom is 0.326 e. The average molecular weight is 368 g/mol. The molecule has 2 unspecified atom stereocenters. The van der Waals surface area contributed by atoms with Crippen molar-refractivity contribution in [1.29, 1.82) is 0 Å². The number of halogens is 1. The fourth-order valence-corrected chi connectivity index (χ4v) is 2.66. The highest BCUT2D eigenvalue weighted by Gasteiger charge is 2.34. The number of amides is 2. The molecule has 0 spiro atoms. The molecule has 1 saturated heterocycles. The van der Waals surface area contributed by atoms with Crippen LogP contribution in [-0.2, 0) is 0 Å². The summed E-state index contributed by atoms with van der Waals surface area (Å²) in [7, 11) is 1.70. The SMILES string of the molecule is C.CC.CC.CC1CCC(O)N(c2coc3c(F)cccc23)C(=O)N1C. The molecule has 0 aliphatic carbocycles. The van der Waals surface area contributed by atoms with Crippen molar-refractivity contribution >= 4 is 22.7 Å². The summed E-state index contributed by atoms with van der Waals surface area (Å²) < 4.78 is 18.9. The quantitative estimate of drug-likeness (QED) is 0.711. The second-order valence-corrected chi connectivity index (χ2v) is 5.41. The van der Waals surface area contributed by atoms with Gasteiger partial charge in [0.25, 0.3) is 0 Å². The number of aliphatic hydroxyl groups is 1. The van der Waals surface area contributed by atoms with Crippen LogP contribution in [0.2, 0.25) is 0 Å². The number of aliphatic hydroxyl groups excluding tert-OH is 1. The second kappa shape index (κ2) is 10.8. The van der Waals surface area contributed by atoms with E-state index in [4.69, 9.17) is 4.42 Å². The first-order valence-electron chi connectivity index (χ1n) is 8.90. The number of hydrogen-bond donors (Lipinski definition) is 1. The normalized spacial score (nSPS) is 19.6. The number of urea groups is 1. The molecule has 0 saturated carbocycles. The molecule has 26 heavy (non-hydrogen) atoms. The molecule has 6 heteroatoms. The van der Waals surface area contributed by atoms with Gasteiger partial charge in [-0.3, -0.25) is 4.90 Å². The summed E-state index contributed by atoms with van der Waals surface area (Å²) in [6.45, 7) is 9.93. The molecule has 0 radical (unpaired) electrons. The lowest BCUT2D eigenvalue weighted by molar-refractivity contribution is 0.161. The molecule has 1 fully saturated rings. The highest BCUT2D eigenvalue weighted by Crippen LogP contribution is 2.34. The first-order valence-corrected chi connectivity index (χ1v) is 8.90. The number of carbonyl (C=O) groups is 1. The van der Waals surface area contributed by atoms with E-state index < -0.39 is 12.0 Å². The third-order valence-corrected chi connectivity index (χ3v) is 4.10. The molecule has 2 amide bonds. The highest BCUT2D eigenvalue weighted by atomic mass is 19.1. The Morgan fingerprint density at radius 3 is 2.42 bits per heavy atom. The number of hydrogen-bond acceptors (Lipinski definition) is 3. The fraction of sp³-hybridized carbons (Fsp3) is 0.550. The van der Waals surface area contributed by atoms with E-state index in [1.807, 2.05) is 34.6 Å². The van der Waals surface area contributed by atoms with Gasteiger partial charge in [0.1, 0.15) is 12.5 Å². The molecular weight excluding hydrogens is 335 g/mol. The van der Waals surface area contributed by atoms with Gasteiger partial charge in [-0.25, -0.2) is 9.18 Å². The van der Waals surface area contributed by atoms with Gasteiger partial charge in [-0.2, -0.15) is 0 Å². The molecule has 5 nitrogen and oxygen atoms in total. The van der Waals surface area contributed by atoms with Crippen molar-refractivity contribution in [2.24, 2.45) is 0 Å². The van der Waals surface area contributed by atoms with Crippen molar-refractivity contribution in [3.63, 3.8) is 0 Å². The largest absolute Gasteiger partial charge is 0.459 e. The summed E-state index contributed by atoms with van der Waals surface area (Å²) in [5.74, 6) is -0.489. The third-order valence-electron chi connectivity index (χ3n) is 4.10. The molecular formula is C20H33FN2O3. The first kappa shape index (κ1) is 23.9. The van der Waals surface area contributed by atoms with Crippen molar-refractivity contribution in [2.75, 3.05) is 11.9 Å². The molecule has 1 N–H and O–H groups in total. The lowest BCUT2D eigenvalue weighted by atomic mass is 10.1. The Morgan fingerprint density at radius 1 is 1.19 bits per heavy atom. The Bertz CT molecular complexity index is 687. The number of benzene rings is 1. The van der Waals surface area contributed by atoms with Crippen LogP contribution in [0.5, 0.6) is 0 Å². The van der Waals surface area contributed by atoms with Crippen LogP contribution in [0.15, 0.2) is 28.9 Å². The van der Waals surface area contributed by atoms with E-state index in [2.05, 4.69) is 0 Å².